The van der Waals surface area contributed by atoms with Gasteiger partial charge in [0.1, 0.15) is 11.9 Å². The van der Waals surface area contributed by atoms with E-state index >= 15 is 0 Å². The molecule has 3 heteroatoms. The van der Waals surface area contributed by atoms with Gasteiger partial charge in [-0.2, -0.15) is 0 Å². The van der Waals surface area contributed by atoms with E-state index in [1.165, 1.54) is 12.8 Å². The van der Waals surface area contributed by atoms with Gasteiger partial charge in [-0.3, -0.25) is 4.79 Å². The van der Waals surface area contributed by atoms with Crippen molar-refractivity contribution >= 4 is 5.91 Å². The van der Waals surface area contributed by atoms with Crippen molar-refractivity contribution < 1.29 is 9.53 Å². The smallest absolute Gasteiger partial charge is 0.255 e. The minimum Gasteiger partial charge on any atom is -0.487 e. The highest BCUT2D eigenvalue weighted by atomic mass is 16.5. The van der Waals surface area contributed by atoms with E-state index in [0.717, 1.165) is 18.6 Å². The molecule has 1 saturated carbocycles. The number of benzene rings is 1. The van der Waals surface area contributed by atoms with Crippen LogP contribution in [0.15, 0.2) is 24.3 Å². The Morgan fingerprint density at radius 1 is 1.19 bits per heavy atom. The fraction of sp³-hybridized carbons (Fsp3) is 0.462. The molecule has 2 unspecified atom stereocenters. The van der Waals surface area contributed by atoms with Crippen LogP contribution in [0.25, 0.3) is 0 Å². The molecule has 0 aromatic heterocycles. The number of nitrogens with one attached hydrogen (secondary N) is 1. The summed E-state index contributed by atoms with van der Waals surface area (Å²) in [6.07, 6.45) is 4.60. The standard InChI is InChI=1S/C13H15NO2/c15-13-9-5-1-3-7-11(9)16-12-8-4-2-6-10(12)14-13/h1,3,5,7,10,12H,2,4,6,8H2,(H,14,15). The Kier molecular flexibility index (Phi) is 2.31. The Morgan fingerprint density at radius 3 is 2.94 bits per heavy atom. The lowest BCUT2D eigenvalue weighted by atomic mass is 9.92. The van der Waals surface area contributed by atoms with Crippen molar-refractivity contribution in [3.05, 3.63) is 29.8 Å². The minimum absolute atomic E-state index is 0.00463. The summed E-state index contributed by atoms with van der Waals surface area (Å²) in [6.45, 7) is 0. The van der Waals surface area contributed by atoms with Crippen molar-refractivity contribution in [2.75, 3.05) is 0 Å². The molecular formula is C13H15NO2. The molecule has 1 N–H and O–H groups in total. The first kappa shape index (κ1) is 9.70. The first-order chi connectivity index (χ1) is 7.84. The van der Waals surface area contributed by atoms with E-state index in [2.05, 4.69) is 5.32 Å². The van der Waals surface area contributed by atoms with Crippen LogP contribution < -0.4 is 10.1 Å². The lowest BCUT2D eigenvalue weighted by molar-refractivity contribution is 0.0869. The third kappa shape index (κ3) is 1.56. The lowest BCUT2D eigenvalue weighted by Gasteiger charge is -2.29. The van der Waals surface area contributed by atoms with Crippen LogP contribution in [0.5, 0.6) is 5.75 Å². The van der Waals surface area contributed by atoms with Crippen LogP contribution in [-0.4, -0.2) is 18.1 Å². The maximum atomic E-state index is 12.0. The second-order valence-corrected chi connectivity index (χ2v) is 4.52. The molecule has 0 saturated heterocycles. The summed E-state index contributed by atoms with van der Waals surface area (Å²) >= 11 is 0. The lowest BCUT2D eigenvalue weighted by Crippen LogP contribution is -2.45. The molecule has 16 heavy (non-hydrogen) atoms. The van der Waals surface area contributed by atoms with Gasteiger partial charge in [0.15, 0.2) is 0 Å². The van der Waals surface area contributed by atoms with Crippen molar-refractivity contribution in [3.63, 3.8) is 0 Å². The van der Waals surface area contributed by atoms with E-state index in [-0.39, 0.29) is 18.1 Å². The molecule has 0 radical (unpaired) electrons. The molecule has 2 atom stereocenters. The second kappa shape index (κ2) is 3.81. The van der Waals surface area contributed by atoms with E-state index in [1.54, 1.807) is 0 Å². The summed E-state index contributed by atoms with van der Waals surface area (Å²) in [7, 11) is 0. The summed E-state index contributed by atoms with van der Waals surface area (Å²) in [5, 5.41) is 3.07. The molecule has 0 spiro atoms. The number of carbonyl (C=O) groups excluding carboxylic acids is 1. The van der Waals surface area contributed by atoms with Gasteiger partial charge in [-0.1, -0.05) is 18.6 Å². The van der Waals surface area contributed by atoms with Gasteiger partial charge < -0.3 is 10.1 Å². The van der Waals surface area contributed by atoms with Gasteiger partial charge in [-0.25, -0.2) is 0 Å². The summed E-state index contributed by atoms with van der Waals surface area (Å²) in [4.78, 5) is 12.0. The van der Waals surface area contributed by atoms with Crippen LogP contribution in [-0.2, 0) is 0 Å². The summed E-state index contributed by atoms with van der Waals surface area (Å²) < 4.78 is 5.95. The number of carbonyl (C=O) groups is 1. The largest absolute Gasteiger partial charge is 0.487 e. The van der Waals surface area contributed by atoms with Crippen LogP contribution in [0.2, 0.25) is 0 Å². The van der Waals surface area contributed by atoms with E-state index in [4.69, 9.17) is 4.74 Å². The Balaban J connectivity index is 1.97. The van der Waals surface area contributed by atoms with Crippen LogP contribution in [0.1, 0.15) is 36.0 Å². The van der Waals surface area contributed by atoms with Gasteiger partial charge in [0, 0.05) is 0 Å². The van der Waals surface area contributed by atoms with Crippen LogP contribution >= 0.6 is 0 Å². The monoisotopic (exact) mass is 217 g/mol. The molecule has 1 aliphatic carbocycles. The number of hydrogen-bond acceptors (Lipinski definition) is 2. The zero-order valence-corrected chi connectivity index (χ0v) is 9.11. The molecule has 1 aromatic carbocycles. The average Bonchev–Trinajstić information content (AvgIpc) is 2.45. The van der Waals surface area contributed by atoms with Crippen LogP contribution in [0, 0.1) is 0 Å². The second-order valence-electron chi connectivity index (χ2n) is 4.52. The minimum atomic E-state index is 0.00463. The van der Waals surface area contributed by atoms with E-state index < -0.39 is 0 Å². The van der Waals surface area contributed by atoms with Crippen molar-refractivity contribution in [2.24, 2.45) is 0 Å². The van der Waals surface area contributed by atoms with Crippen molar-refractivity contribution in [1.82, 2.24) is 5.32 Å². The third-order valence-corrected chi connectivity index (χ3v) is 3.43. The molecule has 1 heterocycles. The molecular weight excluding hydrogens is 202 g/mol. The van der Waals surface area contributed by atoms with Crippen LogP contribution in [0.4, 0.5) is 0 Å². The number of para-hydroxylation sites is 1. The molecule has 84 valence electrons. The van der Waals surface area contributed by atoms with Gasteiger partial charge in [-0.15, -0.1) is 0 Å². The quantitative estimate of drug-likeness (QED) is 0.723. The topological polar surface area (TPSA) is 38.3 Å². The number of ether oxygens (including phenoxy) is 1. The molecule has 0 bridgehead atoms. The van der Waals surface area contributed by atoms with Crippen molar-refractivity contribution in [1.29, 1.82) is 0 Å². The number of hydrogen-bond donors (Lipinski definition) is 1. The molecule has 3 nitrogen and oxygen atoms in total. The van der Waals surface area contributed by atoms with E-state index in [0.29, 0.717) is 5.56 Å². The SMILES string of the molecule is O=C1NC2CCCCC2Oc2ccccc21. The highest BCUT2D eigenvalue weighted by Crippen LogP contribution is 2.29. The van der Waals surface area contributed by atoms with Crippen molar-refractivity contribution in [3.8, 4) is 5.75 Å². The van der Waals surface area contributed by atoms with E-state index in [1.807, 2.05) is 24.3 Å². The Labute approximate surface area is 94.8 Å². The Bertz CT molecular complexity index is 416. The van der Waals surface area contributed by atoms with Gasteiger partial charge in [0.25, 0.3) is 5.91 Å². The van der Waals surface area contributed by atoms with Gasteiger partial charge >= 0.3 is 0 Å². The molecule has 2 aliphatic rings. The van der Waals surface area contributed by atoms with E-state index in [9.17, 15) is 4.79 Å². The zero-order valence-electron chi connectivity index (χ0n) is 9.11. The maximum Gasteiger partial charge on any atom is 0.255 e. The fourth-order valence-electron chi connectivity index (χ4n) is 2.57. The van der Waals surface area contributed by atoms with Gasteiger partial charge in [0.2, 0.25) is 0 Å². The number of fused-ring (bicyclic) bond motifs is 2. The third-order valence-electron chi connectivity index (χ3n) is 3.43. The maximum absolute atomic E-state index is 12.0. The summed E-state index contributed by atoms with van der Waals surface area (Å²) in [5.74, 6) is 0.736. The highest BCUT2D eigenvalue weighted by molar-refractivity contribution is 5.97. The predicted molar refractivity (Wildman–Crippen MR) is 60.6 cm³/mol. The first-order valence-corrected chi connectivity index (χ1v) is 5.91. The predicted octanol–water partition coefficient (Wildman–Crippen LogP) is 2.12. The Morgan fingerprint density at radius 2 is 2.00 bits per heavy atom. The normalized spacial score (nSPS) is 28.1. The highest BCUT2D eigenvalue weighted by Gasteiger charge is 2.32. The van der Waals surface area contributed by atoms with Gasteiger partial charge in [0.05, 0.1) is 11.6 Å². The molecule has 3 rings (SSSR count). The first-order valence-electron chi connectivity index (χ1n) is 5.91. The zero-order chi connectivity index (χ0) is 11.0. The average molecular weight is 217 g/mol. The summed E-state index contributed by atoms with van der Waals surface area (Å²) in [5.41, 5.74) is 0.664. The molecule has 1 amide bonds. The fourth-order valence-corrected chi connectivity index (χ4v) is 2.57. The summed E-state index contributed by atoms with van der Waals surface area (Å²) in [6, 6.07) is 7.67. The van der Waals surface area contributed by atoms with Gasteiger partial charge in [-0.05, 0) is 31.4 Å². The number of amides is 1. The molecule has 1 aromatic rings. The molecule has 1 aliphatic heterocycles. The van der Waals surface area contributed by atoms with Crippen LogP contribution in [0.3, 0.4) is 0 Å². The number of rotatable bonds is 0. The molecule has 1 fully saturated rings. The van der Waals surface area contributed by atoms with Crippen molar-refractivity contribution in [2.45, 2.75) is 37.8 Å². The Hall–Kier alpha value is -1.51.